The quantitative estimate of drug-likeness (QED) is 0.176. The molecule has 3 atom stereocenters. The highest BCUT2D eigenvalue weighted by Crippen LogP contribution is 2.39. The van der Waals surface area contributed by atoms with Gasteiger partial charge in [0.05, 0.1) is 29.6 Å². The highest BCUT2D eigenvalue weighted by Gasteiger charge is 2.44. The monoisotopic (exact) mass is 675 g/mol. The molecule has 10 nitrogen and oxygen atoms in total. The van der Waals surface area contributed by atoms with E-state index in [1.54, 1.807) is 17.4 Å². The number of aromatic nitrogens is 3. The number of carboxylic acid groups (broad SMARTS) is 1. The smallest absolute Gasteiger partial charge is 0.354 e. The number of nitrogens with zero attached hydrogens (tertiary/aromatic N) is 5. The highest BCUT2D eigenvalue weighted by atomic mass is 32.1. The largest absolute Gasteiger partial charge is 0.490 e. The van der Waals surface area contributed by atoms with Crippen LogP contribution in [-0.2, 0) is 20.7 Å². The molecule has 0 saturated carbocycles. The molecule has 3 unspecified atom stereocenters. The lowest BCUT2D eigenvalue weighted by Gasteiger charge is -2.49. The van der Waals surface area contributed by atoms with Crippen LogP contribution in [0.3, 0.4) is 0 Å². The Labute approximate surface area is 288 Å². The van der Waals surface area contributed by atoms with Gasteiger partial charge >= 0.3 is 5.97 Å². The van der Waals surface area contributed by atoms with Crippen molar-refractivity contribution in [3.05, 3.63) is 83.7 Å². The number of piperidine rings is 1. The van der Waals surface area contributed by atoms with Gasteiger partial charge in [-0.15, -0.1) is 24.5 Å². The van der Waals surface area contributed by atoms with Crippen LogP contribution in [0, 0.1) is 0 Å². The molecular formula is C37H49N5O5S. The van der Waals surface area contributed by atoms with E-state index in [0.717, 1.165) is 57.5 Å². The molecule has 0 amide bonds. The van der Waals surface area contributed by atoms with E-state index in [-0.39, 0.29) is 11.7 Å². The van der Waals surface area contributed by atoms with Crippen molar-refractivity contribution in [2.24, 2.45) is 0 Å². The minimum atomic E-state index is -1.22. The Kier molecular flexibility index (Phi) is 10.9. The van der Waals surface area contributed by atoms with Crippen LogP contribution in [0.15, 0.2) is 67.5 Å². The van der Waals surface area contributed by atoms with Crippen LogP contribution >= 0.6 is 11.3 Å². The average molecular weight is 676 g/mol. The second-order valence-corrected chi connectivity index (χ2v) is 14.9. The van der Waals surface area contributed by atoms with Gasteiger partial charge in [0, 0.05) is 42.7 Å². The van der Waals surface area contributed by atoms with Gasteiger partial charge in [0.1, 0.15) is 16.5 Å². The Balaban J connectivity index is 1.46. The second-order valence-electron chi connectivity index (χ2n) is 13.8. The lowest BCUT2D eigenvalue weighted by Crippen LogP contribution is -2.57. The molecule has 0 spiro atoms. The van der Waals surface area contributed by atoms with E-state index < -0.39 is 24.1 Å². The molecule has 258 valence electrons. The summed E-state index contributed by atoms with van der Waals surface area (Å²) in [4.78, 5) is 22.8. The molecule has 5 rings (SSSR count). The van der Waals surface area contributed by atoms with E-state index in [1.807, 2.05) is 86.8 Å². The number of thiazole rings is 1. The summed E-state index contributed by atoms with van der Waals surface area (Å²) >= 11 is 1.60. The molecule has 0 radical (unpaired) electrons. The Morgan fingerprint density at radius 1 is 1.21 bits per heavy atom. The highest BCUT2D eigenvalue weighted by molar-refractivity contribution is 7.15. The Bertz CT molecular complexity index is 1630. The van der Waals surface area contributed by atoms with Crippen molar-refractivity contribution in [2.45, 2.75) is 97.0 Å². The van der Waals surface area contributed by atoms with Crippen molar-refractivity contribution in [2.75, 3.05) is 19.7 Å². The first kappa shape index (κ1) is 35.5. The number of fused-ring (bicyclic) bond motifs is 1. The van der Waals surface area contributed by atoms with Crippen LogP contribution in [0.1, 0.15) is 83.2 Å². The van der Waals surface area contributed by atoms with E-state index in [4.69, 9.17) is 24.3 Å². The molecule has 4 heterocycles. The molecule has 11 heteroatoms. The van der Waals surface area contributed by atoms with E-state index in [0.29, 0.717) is 26.1 Å². The number of allylic oxidation sites excluding steroid dienone is 1. The average Bonchev–Trinajstić information content (AvgIpc) is 3.66. The number of aliphatic carboxylic acids is 1. The molecule has 2 aromatic heterocycles. The fraction of sp³-hybridized carbons (Fsp3) is 0.486. The number of para-hydroxylation sites is 1. The first-order valence-electron chi connectivity index (χ1n) is 16.6. The third kappa shape index (κ3) is 8.26. The summed E-state index contributed by atoms with van der Waals surface area (Å²) in [6, 6.07) is 10.1. The number of likely N-dealkylation sites (tertiary alicyclic amines) is 1. The number of rotatable bonds is 14. The number of benzene rings is 1. The van der Waals surface area contributed by atoms with Gasteiger partial charge < -0.3 is 24.2 Å². The zero-order valence-electron chi connectivity index (χ0n) is 29.0. The standard InChI is InChI=1S/C37H49N5O5S/c1-9-13-26(4)46-31-15-12-11-14-27(31)22-29-24-38-32(48-29)30-23-28-21-25(3)41(33(34(43)44)47-36(5,6)7)35(42(28)39-30)40-18-16-37(8,17-19-40)45-20-10-2/h9-12,14-15,21,23-24,26,33,35H,1-2,13,16-20,22H2,3-8H3,(H,43,44). The Morgan fingerprint density at radius 2 is 1.94 bits per heavy atom. The zero-order chi connectivity index (χ0) is 34.6. The van der Waals surface area contributed by atoms with Crippen LogP contribution in [0.25, 0.3) is 16.8 Å². The van der Waals surface area contributed by atoms with Gasteiger partial charge in [-0.05, 0) is 78.2 Å². The van der Waals surface area contributed by atoms with Crippen LogP contribution in [0.4, 0.5) is 0 Å². The lowest BCUT2D eigenvalue weighted by molar-refractivity contribution is -0.201. The number of carbonyl (C=O) groups is 1. The first-order valence-corrected chi connectivity index (χ1v) is 17.4. The fourth-order valence-corrected chi connectivity index (χ4v) is 7.08. The lowest BCUT2D eigenvalue weighted by atomic mass is 9.93. The van der Waals surface area contributed by atoms with E-state index in [1.165, 1.54) is 0 Å². The predicted molar refractivity (Wildman–Crippen MR) is 190 cm³/mol. The summed E-state index contributed by atoms with van der Waals surface area (Å²) < 4.78 is 20.5. The van der Waals surface area contributed by atoms with Crippen molar-refractivity contribution in [1.82, 2.24) is 24.6 Å². The van der Waals surface area contributed by atoms with E-state index in [9.17, 15) is 9.90 Å². The van der Waals surface area contributed by atoms with Crippen LogP contribution in [-0.4, -0.2) is 78.9 Å². The van der Waals surface area contributed by atoms with Crippen LogP contribution in [0.5, 0.6) is 5.75 Å². The molecular weight excluding hydrogens is 627 g/mol. The summed E-state index contributed by atoms with van der Waals surface area (Å²) in [5.41, 5.74) is 2.52. The van der Waals surface area contributed by atoms with Crippen molar-refractivity contribution in [1.29, 1.82) is 0 Å². The van der Waals surface area contributed by atoms with Crippen LogP contribution in [0.2, 0.25) is 0 Å². The molecule has 2 aliphatic rings. The SMILES string of the molecule is C=CCOC1(C)CCN(C2N(C(OC(C)(C)C)C(=O)O)C(C)=Cc3cc(-c4ncc(Cc5ccccc5OC(C)CC=C)s4)nn32)CC1. The van der Waals surface area contributed by atoms with Crippen LogP contribution < -0.4 is 4.74 Å². The van der Waals surface area contributed by atoms with Crippen molar-refractivity contribution >= 4 is 23.4 Å². The van der Waals surface area contributed by atoms with Crippen molar-refractivity contribution in [3.63, 3.8) is 0 Å². The van der Waals surface area contributed by atoms with Gasteiger partial charge in [0.2, 0.25) is 6.23 Å². The fourth-order valence-electron chi connectivity index (χ4n) is 6.18. The molecule has 3 aromatic rings. The van der Waals surface area contributed by atoms with Gasteiger partial charge in [-0.25, -0.2) is 14.5 Å². The number of carboxylic acids is 1. The Hall–Kier alpha value is -3.77. The summed E-state index contributed by atoms with van der Waals surface area (Å²) in [5.74, 6) is -0.192. The van der Waals surface area contributed by atoms with Crippen molar-refractivity contribution in [3.8, 4) is 16.5 Å². The van der Waals surface area contributed by atoms with E-state index >= 15 is 0 Å². The molecule has 0 bridgehead atoms. The molecule has 48 heavy (non-hydrogen) atoms. The minimum absolute atomic E-state index is 0.0319. The summed E-state index contributed by atoms with van der Waals surface area (Å²) in [5, 5.41) is 16.4. The third-order valence-corrected chi connectivity index (χ3v) is 9.61. The summed E-state index contributed by atoms with van der Waals surface area (Å²) in [6.45, 7) is 21.2. The number of ether oxygens (including phenoxy) is 3. The zero-order valence-corrected chi connectivity index (χ0v) is 29.8. The maximum atomic E-state index is 12.8. The van der Waals surface area contributed by atoms with Crippen molar-refractivity contribution < 1.29 is 24.1 Å². The Morgan fingerprint density at radius 3 is 2.60 bits per heavy atom. The predicted octanol–water partition coefficient (Wildman–Crippen LogP) is 7.36. The molecule has 1 N–H and O–H groups in total. The number of hydrogen-bond donors (Lipinski definition) is 1. The maximum Gasteiger partial charge on any atom is 0.354 e. The molecule has 1 fully saturated rings. The van der Waals surface area contributed by atoms with Gasteiger partial charge in [-0.1, -0.05) is 30.4 Å². The molecule has 0 aliphatic carbocycles. The minimum Gasteiger partial charge on any atom is -0.490 e. The van der Waals surface area contributed by atoms with Gasteiger partial charge in [-0.2, -0.15) is 5.10 Å². The second kappa shape index (κ2) is 14.8. The van der Waals surface area contributed by atoms with E-state index in [2.05, 4.69) is 31.0 Å². The molecule has 1 saturated heterocycles. The topological polar surface area (TPSA) is 102 Å². The van der Waals surface area contributed by atoms with Gasteiger partial charge in [0.25, 0.3) is 0 Å². The first-order chi connectivity index (χ1) is 22.8. The maximum absolute atomic E-state index is 12.8. The van der Waals surface area contributed by atoms with Gasteiger partial charge in [-0.3, -0.25) is 4.90 Å². The molecule has 2 aliphatic heterocycles. The normalized spacial score (nSPS) is 19.2. The summed E-state index contributed by atoms with van der Waals surface area (Å²) in [7, 11) is 0. The van der Waals surface area contributed by atoms with Gasteiger partial charge in [0.15, 0.2) is 6.29 Å². The molecule has 1 aromatic carbocycles. The summed E-state index contributed by atoms with van der Waals surface area (Å²) in [6.07, 6.45) is 8.82. The third-order valence-electron chi connectivity index (χ3n) is 8.59. The number of hydrogen-bond acceptors (Lipinski definition) is 9.